The molecule has 1 saturated heterocycles. The molecule has 1 aliphatic rings. The van der Waals surface area contributed by atoms with Gasteiger partial charge in [0.15, 0.2) is 5.82 Å². The summed E-state index contributed by atoms with van der Waals surface area (Å²) in [7, 11) is 0. The maximum absolute atomic E-state index is 14.1. The zero-order chi connectivity index (χ0) is 23.9. The number of hydrogen-bond acceptors (Lipinski definition) is 5. The van der Waals surface area contributed by atoms with Crippen molar-refractivity contribution in [1.29, 1.82) is 0 Å². The third kappa shape index (κ3) is 4.56. The molecule has 1 fully saturated rings. The summed E-state index contributed by atoms with van der Waals surface area (Å²) in [5.74, 6) is -2.51. The standard InChI is InChI=1S/C22H21BrF2N4O3S/c1-11-5-3-4-6-29(11)16(30)9-28-10-26-21-17(22(28)32)12(2)19(33-21)20(31)27-18-14(23)7-13(24)8-15(18)25/h7-8,10-11H,3-6,9H2,1-2H3,(H,27,31)/t11-/m1/s1. The van der Waals surface area contributed by atoms with Crippen LogP contribution in [0.5, 0.6) is 0 Å². The van der Waals surface area contributed by atoms with Gasteiger partial charge in [-0.15, -0.1) is 11.3 Å². The number of fused-ring (bicyclic) bond motifs is 1. The number of carbonyl (C=O) groups is 2. The third-order valence-electron chi connectivity index (χ3n) is 5.80. The number of amides is 2. The van der Waals surface area contributed by atoms with Gasteiger partial charge in [0.1, 0.15) is 17.2 Å². The Hall–Kier alpha value is -2.66. The molecule has 11 heteroatoms. The number of nitrogens with zero attached hydrogens (tertiary/aromatic N) is 3. The van der Waals surface area contributed by atoms with Gasteiger partial charge in [0.25, 0.3) is 11.5 Å². The van der Waals surface area contributed by atoms with Gasteiger partial charge in [-0.1, -0.05) is 0 Å². The van der Waals surface area contributed by atoms with Crippen LogP contribution in [0.15, 0.2) is 27.7 Å². The molecular formula is C22H21BrF2N4O3S. The van der Waals surface area contributed by atoms with E-state index in [0.29, 0.717) is 23.0 Å². The van der Waals surface area contributed by atoms with Gasteiger partial charge in [-0.25, -0.2) is 13.8 Å². The van der Waals surface area contributed by atoms with E-state index in [2.05, 4.69) is 26.2 Å². The number of benzene rings is 1. The summed E-state index contributed by atoms with van der Waals surface area (Å²) in [5.41, 5.74) is -0.235. The predicted molar refractivity (Wildman–Crippen MR) is 126 cm³/mol. The fourth-order valence-corrected chi connectivity index (χ4v) is 5.57. The van der Waals surface area contributed by atoms with E-state index in [1.165, 1.54) is 10.9 Å². The molecule has 0 saturated carbocycles. The molecule has 4 rings (SSSR count). The molecule has 7 nitrogen and oxygen atoms in total. The number of rotatable bonds is 4. The highest BCUT2D eigenvalue weighted by Crippen LogP contribution is 2.31. The number of anilines is 1. The maximum atomic E-state index is 14.1. The van der Waals surface area contributed by atoms with Gasteiger partial charge in [-0.05, 0) is 60.7 Å². The van der Waals surface area contributed by atoms with Crippen molar-refractivity contribution in [3.63, 3.8) is 0 Å². The highest BCUT2D eigenvalue weighted by molar-refractivity contribution is 9.10. The smallest absolute Gasteiger partial charge is 0.266 e. The van der Waals surface area contributed by atoms with E-state index in [9.17, 15) is 23.2 Å². The molecule has 0 bridgehead atoms. The van der Waals surface area contributed by atoms with Gasteiger partial charge in [-0.2, -0.15) is 0 Å². The first-order valence-corrected chi connectivity index (χ1v) is 12.0. The maximum Gasteiger partial charge on any atom is 0.266 e. The van der Waals surface area contributed by atoms with Crippen molar-refractivity contribution < 1.29 is 18.4 Å². The van der Waals surface area contributed by atoms with Crippen molar-refractivity contribution >= 4 is 55.0 Å². The molecule has 0 aliphatic carbocycles. The zero-order valence-corrected chi connectivity index (χ0v) is 20.4. The second-order valence-electron chi connectivity index (χ2n) is 8.04. The van der Waals surface area contributed by atoms with E-state index >= 15 is 0 Å². The number of aromatic nitrogens is 2. The first kappa shape index (κ1) is 23.5. The summed E-state index contributed by atoms with van der Waals surface area (Å²) in [6, 6.07) is 1.83. The Morgan fingerprint density at radius 3 is 2.76 bits per heavy atom. The summed E-state index contributed by atoms with van der Waals surface area (Å²) >= 11 is 4.03. The Bertz CT molecular complexity index is 1300. The summed E-state index contributed by atoms with van der Waals surface area (Å²) in [6.07, 6.45) is 4.26. The van der Waals surface area contributed by atoms with Crippen LogP contribution < -0.4 is 10.9 Å². The average Bonchev–Trinajstić information content (AvgIpc) is 3.10. The monoisotopic (exact) mass is 538 g/mol. The van der Waals surface area contributed by atoms with Crippen molar-refractivity contribution in [2.45, 2.75) is 45.7 Å². The van der Waals surface area contributed by atoms with Gasteiger partial charge in [0, 0.05) is 23.1 Å². The lowest BCUT2D eigenvalue weighted by Crippen LogP contribution is -2.44. The van der Waals surface area contributed by atoms with Crippen molar-refractivity contribution in [2.24, 2.45) is 0 Å². The van der Waals surface area contributed by atoms with E-state index in [-0.39, 0.29) is 38.9 Å². The molecule has 174 valence electrons. The van der Waals surface area contributed by atoms with Crippen LogP contribution in [0.3, 0.4) is 0 Å². The summed E-state index contributed by atoms with van der Waals surface area (Å²) < 4.78 is 28.8. The molecule has 2 amide bonds. The van der Waals surface area contributed by atoms with Crippen molar-refractivity contribution in [2.75, 3.05) is 11.9 Å². The predicted octanol–water partition coefficient (Wildman–Crippen LogP) is 4.46. The van der Waals surface area contributed by atoms with Crippen LogP contribution in [0, 0.1) is 18.6 Å². The minimum atomic E-state index is -0.931. The van der Waals surface area contributed by atoms with Gasteiger partial charge >= 0.3 is 0 Å². The van der Waals surface area contributed by atoms with E-state index in [1.54, 1.807) is 11.8 Å². The number of likely N-dealkylation sites (tertiary alicyclic amines) is 1. The van der Waals surface area contributed by atoms with Crippen molar-refractivity contribution in [1.82, 2.24) is 14.5 Å². The Morgan fingerprint density at radius 2 is 2.06 bits per heavy atom. The van der Waals surface area contributed by atoms with Crippen LogP contribution >= 0.6 is 27.3 Å². The molecular weight excluding hydrogens is 518 g/mol. The molecule has 0 radical (unpaired) electrons. The fourth-order valence-electron chi connectivity index (χ4n) is 4.03. The van der Waals surface area contributed by atoms with Crippen LogP contribution in [0.1, 0.15) is 41.4 Å². The fraction of sp³-hybridized carbons (Fsp3) is 0.364. The third-order valence-corrected chi connectivity index (χ3v) is 7.62. The van der Waals surface area contributed by atoms with Gasteiger partial charge in [0.2, 0.25) is 5.91 Å². The Labute approximate surface area is 200 Å². The minimum absolute atomic E-state index is 0.0537. The topological polar surface area (TPSA) is 84.3 Å². The van der Waals surface area contributed by atoms with Gasteiger partial charge < -0.3 is 10.2 Å². The van der Waals surface area contributed by atoms with E-state index < -0.39 is 23.1 Å². The Morgan fingerprint density at radius 1 is 1.30 bits per heavy atom. The largest absolute Gasteiger partial charge is 0.338 e. The Balaban J connectivity index is 1.63. The summed E-state index contributed by atoms with van der Waals surface area (Å²) in [4.78, 5) is 45.3. The quantitative estimate of drug-likeness (QED) is 0.531. The van der Waals surface area contributed by atoms with E-state index in [4.69, 9.17) is 0 Å². The second kappa shape index (κ2) is 9.30. The number of piperidine rings is 1. The highest BCUT2D eigenvalue weighted by Gasteiger charge is 2.25. The molecule has 0 unspecified atom stereocenters. The summed E-state index contributed by atoms with van der Waals surface area (Å²) in [5, 5.41) is 2.66. The zero-order valence-electron chi connectivity index (χ0n) is 18.0. The second-order valence-corrected chi connectivity index (χ2v) is 9.90. The molecule has 33 heavy (non-hydrogen) atoms. The SMILES string of the molecule is Cc1c(C(=O)Nc2c(F)cc(F)cc2Br)sc2ncn(CC(=O)N3CCCC[C@H]3C)c(=O)c12. The van der Waals surface area contributed by atoms with Crippen LogP contribution in [-0.4, -0.2) is 38.9 Å². The normalized spacial score (nSPS) is 16.3. The molecule has 3 heterocycles. The first-order chi connectivity index (χ1) is 15.7. The van der Waals surface area contributed by atoms with Crippen LogP contribution in [0.25, 0.3) is 10.2 Å². The van der Waals surface area contributed by atoms with E-state index in [0.717, 1.165) is 36.7 Å². The molecule has 1 aromatic carbocycles. The van der Waals surface area contributed by atoms with E-state index in [1.807, 2.05) is 6.92 Å². The number of nitrogens with one attached hydrogen (secondary N) is 1. The molecule has 1 atom stereocenters. The number of thiophene rings is 1. The lowest BCUT2D eigenvalue weighted by molar-refractivity contribution is -0.135. The highest BCUT2D eigenvalue weighted by atomic mass is 79.9. The molecule has 2 aromatic heterocycles. The lowest BCUT2D eigenvalue weighted by Gasteiger charge is -2.33. The van der Waals surface area contributed by atoms with Crippen LogP contribution in [0.2, 0.25) is 0 Å². The van der Waals surface area contributed by atoms with Crippen molar-refractivity contribution in [3.05, 3.63) is 55.4 Å². The molecule has 0 spiro atoms. The van der Waals surface area contributed by atoms with Gasteiger partial charge in [-0.3, -0.25) is 19.0 Å². The minimum Gasteiger partial charge on any atom is -0.338 e. The van der Waals surface area contributed by atoms with Crippen LogP contribution in [0.4, 0.5) is 14.5 Å². The molecule has 3 aromatic rings. The summed E-state index contributed by atoms with van der Waals surface area (Å²) in [6.45, 7) is 4.14. The lowest BCUT2D eigenvalue weighted by atomic mass is 10.0. The molecule has 1 aliphatic heterocycles. The molecule has 1 N–H and O–H groups in total. The number of aryl methyl sites for hydroxylation is 1. The van der Waals surface area contributed by atoms with Crippen molar-refractivity contribution in [3.8, 4) is 0 Å². The number of halogens is 3. The average molecular weight is 539 g/mol. The van der Waals surface area contributed by atoms with Gasteiger partial charge in [0.05, 0.1) is 22.3 Å². The van der Waals surface area contributed by atoms with Crippen LogP contribution in [-0.2, 0) is 11.3 Å². The number of carbonyl (C=O) groups excluding carboxylic acids is 2. The first-order valence-electron chi connectivity index (χ1n) is 10.4. The Kier molecular flexibility index (Phi) is 6.62. The number of hydrogen-bond donors (Lipinski definition) is 1.